The van der Waals surface area contributed by atoms with Crippen LogP contribution in [0, 0.1) is 0 Å². The van der Waals surface area contributed by atoms with Gasteiger partial charge < -0.3 is 25.2 Å². The summed E-state index contributed by atoms with van der Waals surface area (Å²) in [5.74, 6) is -0.662. The summed E-state index contributed by atoms with van der Waals surface area (Å²) in [5.41, 5.74) is 3.12. The maximum Gasteiger partial charge on any atom is 0.408 e. The number of hydrogen-bond acceptors (Lipinski definition) is 5. The van der Waals surface area contributed by atoms with Gasteiger partial charge >= 0.3 is 12.1 Å². The molecule has 8 nitrogen and oxygen atoms in total. The monoisotopic (exact) mass is 462 g/mol. The Morgan fingerprint density at radius 3 is 2.18 bits per heavy atom. The summed E-state index contributed by atoms with van der Waals surface area (Å²) < 4.78 is 10.9. The van der Waals surface area contributed by atoms with Gasteiger partial charge in [0.25, 0.3) is 0 Å². The van der Waals surface area contributed by atoms with E-state index in [9.17, 15) is 19.5 Å². The molecule has 3 N–H and O–H groups in total. The molecule has 3 aromatic rings. The van der Waals surface area contributed by atoms with Gasteiger partial charge in [-0.3, -0.25) is 4.79 Å². The number of carboxylic acids is 1. The SMILES string of the molecule is CC(=O)Nc1cccc(OCc2ccc(COC(=O)N[C@H](Cc3ccccc3)C(=O)O)cc2)c1. The summed E-state index contributed by atoms with van der Waals surface area (Å²) in [6.07, 6.45) is -0.636. The summed E-state index contributed by atoms with van der Waals surface area (Å²) in [7, 11) is 0. The van der Waals surface area contributed by atoms with E-state index in [0.717, 1.165) is 16.7 Å². The van der Waals surface area contributed by atoms with Crippen LogP contribution in [-0.4, -0.2) is 29.1 Å². The van der Waals surface area contributed by atoms with E-state index < -0.39 is 18.1 Å². The van der Waals surface area contributed by atoms with E-state index in [1.165, 1.54) is 6.92 Å². The lowest BCUT2D eigenvalue weighted by Crippen LogP contribution is -2.42. The zero-order valence-corrected chi connectivity index (χ0v) is 18.7. The fourth-order valence-electron chi connectivity index (χ4n) is 3.15. The predicted octanol–water partition coefficient (Wildman–Crippen LogP) is 4.15. The lowest BCUT2D eigenvalue weighted by atomic mass is 10.1. The third kappa shape index (κ3) is 7.98. The normalized spacial score (nSPS) is 11.2. The molecule has 3 aromatic carbocycles. The highest BCUT2D eigenvalue weighted by Gasteiger charge is 2.21. The largest absolute Gasteiger partial charge is 0.489 e. The Bertz CT molecular complexity index is 1120. The molecule has 0 saturated heterocycles. The molecule has 2 amide bonds. The number of amides is 2. The maximum atomic E-state index is 12.1. The van der Waals surface area contributed by atoms with Gasteiger partial charge in [0.2, 0.25) is 5.91 Å². The van der Waals surface area contributed by atoms with Crippen molar-refractivity contribution in [3.05, 3.63) is 95.6 Å². The van der Waals surface area contributed by atoms with Gasteiger partial charge in [0.1, 0.15) is 25.0 Å². The summed E-state index contributed by atoms with van der Waals surface area (Å²) >= 11 is 0. The number of nitrogens with one attached hydrogen (secondary N) is 2. The summed E-state index contributed by atoms with van der Waals surface area (Å²) in [5, 5.41) is 14.5. The van der Waals surface area contributed by atoms with E-state index in [-0.39, 0.29) is 18.9 Å². The van der Waals surface area contributed by atoms with Gasteiger partial charge in [-0.15, -0.1) is 0 Å². The molecular weight excluding hydrogens is 436 g/mol. The second-order valence-electron chi connectivity index (χ2n) is 7.62. The molecule has 0 aliphatic rings. The first-order valence-corrected chi connectivity index (χ1v) is 10.7. The van der Waals surface area contributed by atoms with Gasteiger partial charge in [-0.25, -0.2) is 9.59 Å². The second kappa shape index (κ2) is 12.1. The van der Waals surface area contributed by atoms with Crippen LogP contribution in [0.25, 0.3) is 0 Å². The van der Waals surface area contributed by atoms with Crippen molar-refractivity contribution in [3.63, 3.8) is 0 Å². The average Bonchev–Trinajstić information content (AvgIpc) is 2.82. The number of carboxylic acid groups (broad SMARTS) is 1. The van der Waals surface area contributed by atoms with E-state index in [1.54, 1.807) is 48.5 Å². The highest BCUT2D eigenvalue weighted by atomic mass is 16.5. The van der Waals surface area contributed by atoms with Crippen molar-refractivity contribution < 1.29 is 29.0 Å². The predicted molar refractivity (Wildman–Crippen MR) is 126 cm³/mol. The number of benzene rings is 3. The van der Waals surface area contributed by atoms with Crippen LogP contribution in [0.3, 0.4) is 0 Å². The van der Waals surface area contributed by atoms with Crippen LogP contribution in [-0.2, 0) is 34.0 Å². The highest BCUT2D eigenvalue weighted by Crippen LogP contribution is 2.19. The molecule has 0 aromatic heterocycles. The zero-order chi connectivity index (χ0) is 24.3. The van der Waals surface area contributed by atoms with Crippen molar-refractivity contribution in [2.75, 3.05) is 5.32 Å². The highest BCUT2D eigenvalue weighted by molar-refractivity contribution is 5.88. The molecule has 176 valence electrons. The number of ether oxygens (including phenoxy) is 2. The Labute approximate surface area is 197 Å². The number of anilines is 1. The fourth-order valence-corrected chi connectivity index (χ4v) is 3.15. The van der Waals surface area contributed by atoms with Crippen molar-refractivity contribution >= 4 is 23.7 Å². The summed E-state index contributed by atoms with van der Waals surface area (Å²) in [6, 6.07) is 22.4. The maximum absolute atomic E-state index is 12.1. The number of aliphatic carboxylic acids is 1. The van der Waals surface area contributed by atoms with Gasteiger partial charge in [0.05, 0.1) is 0 Å². The van der Waals surface area contributed by atoms with Crippen LogP contribution < -0.4 is 15.4 Å². The lowest BCUT2D eigenvalue weighted by molar-refractivity contribution is -0.139. The minimum absolute atomic E-state index is 0.00338. The fraction of sp³-hybridized carbons (Fsp3) is 0.192. The van der Waals surface area contributed by atoms with Crippen LogP contribution in [0.4, 0.5) is 10.5 Å². The quantitative estimate of drug-likeness (QED) is 0.417. The summed E-state index contributed by atoms with van der Waals surface area (Å²) in [6.45, 7) is 1.77. The Morgan fingerprint density at radius 2 is 1.53 bits per heavy atom. The average molecular weight is 463 g/mol. The Kier molecular flexibility index (Phi) is 8.62. The molecule has 0 radical (unpaired) electrons. The third-order valence-electron chi connectivity index (χ3n) is 4.83. The smallest absolute Gasteiger partial charge is 0.408 e. The van der Waals surface area contributed by atoms with Crippen LogP contribution in [0.5, 0.6) is 5.75 Å². The standard InChI is InChI=1S/C26H26N2O6/c1-18(29)27-22-8-5-9-23(15-22)33-16-20-10-12-21(13-11-20)17-34-26(32)28-24(25(30)31)14-19-6-3-2-4-7-19/h2-13,15,24H,14,16-17H2,1H3,(H,27,29)(H,28,32)(H,30,31)/t24-/m1/s1. The molecule has 0 spiro atoms. The number of rotatable bonds is 10. The third-order valence-corrected chi connectivity index (χ3v) is 4.83. The topological polar surface area (TPSA) is 114 Å². The lowest BCUT2D eigenvalue weighted by Gasteiger charge is -2.15. The number of carbonyl (C=O) groups is 3. The van der Waals surface area contributed by atoms with E-state index in [0.29, 0.717) is 18.0 Å². The number of alkyl carbamates (subject to hydrolysis) is 1. The molecule has 1 atom stereocenters. The van der Waals surface area contributed by atoms with Crippen LogP contribution in [0.15, 0.2) is 78.9 Å². The van der Waals surface area contributed by atoms with Gasteiger partial charge in [0.15, 0.2) is 0 Å². The molecule has 0 heterocycles. The van der Waals surface area contributed by atoms with Crippen LogP contribution >= 0.6 is 0 Å². The van der Waals surface area contributed by atoms with Crippen molar-refractivity contribution in [2.24, 2.45) is 0 Å². The number of hydrogen-bond donors (Lipinski definition) is 3. The van der Waals surface area contributed by atoms with Gasteiger partial charge in [-0.2, -0.15) is 0 Å². The Balaban J connectivity index is 1.46. The van der Waals surface area contributed by atoms with Gasteiger partial charge in [0, 0.05) is 25.1 Å². The Hall–Kier alpha value is -4.33. The second-order valence-corrected chi connectivity index (χ2v) is 7.62. The molecule has 34 heavy (non-hydrogen) atoms. The van der Waals surface area contributed by atoms with E-state index in [1.807, 2.05) is 30.3 Å². The first-order chi connectivity index (χ1) is 16.4. The first-order valence-electron chi connectivity index (χ1n) is 10.7. The minimum atomic E-state index is -1.13. The molecule has 0 unspecified atom stereocenters. The minimum Gasteiger partial charge on any atom is -0.489 e. The van der Waals surface area contributed by atoms with Crippen molar-refractivity contribution in [2.45, 2.75) is 32.6 Å². The first kappa shape index (κ1) is 24.3. The van der Waals surface area contributed by atoms with Crippen molar-refractivity contribution in [1.29, 1.82) is 0 Å². The van der Waals surface area contributed by atoms with E-state index in [2.05, 4.69) is 10.6 Å². The van der Waals surface area contributed by atoms with Gasteiger partial charge in [-0.05, 0) is 28.8 Å². The zero-order valence-electron chi connectivity index (χ0n) is 18.7. The molecule has 3 rings (SSSR count). The molecule has 0 bridgehead atoms. The molecular formula is C26H26N2O6. The molecule has 0 fully saturated rings. The van der Waals surface area contributed by atoms with Crippen LogP contribution in [0.1, 0.15) is 23.6 Å². The van der Waals surface area contributed by atoms with Gasteiger partial charge in [-0.1, -0.05) is 60.7 Å². The van der Waals surface area contributed by atoms with Crippen LogP contribution in [0.2, 0.25) is 0 Å². The summed E-state index contributed by atoms with van der Waals surface area (Å²) in [4.78, 5) is 34.8. The molecule has 8 heteroatoms. The number of carbonyl (C=O) groups excluding carboxylic acids is 2. The molecule has 0 saturated carbocycles. The van der Waals surface area contributed by atoms with Crippen molar-refractivity contribution in [3.8, 4) is 5.75 Å². The molecule has 0 aliphatic heterocycles. The van der Waals surface area contributed by atoms with E-state index >= 15 is 0 Å². The Morgan fingerprint density at radius 1 is 0.853 bits per heavy atom. The van der Waals surface area contributed by atoms with E-state index in [4.69, 9.17) is 9.47 Å². The van der Waals surface area contributed by atoms with Crippen molar-refractivity contribution in [1.82, 2.24) is 5.32 Å². The molecule has 0 aliphatic carbocycles.